The smallest absolute Gasteiger partial charge is 0.387 e. The standard InChI is InChI=1S/C19H19F2NO6/c1-12(27-14-9-7-13(25-2)8-10-14)18(24)26-11-17(23)22-15-5-3-4-6-16(15)28-19(20)21/h3-10,12,19H,11H2,1-2H3,(H,22,23). The molecular formula is C19H19F2NO6. The third-order valence-corrected chi connectivity index (χ3v) is 3.43. The molecule has 1 unspecified atom stereocenters. The van der Waals surface area contributed by atoms with Crippen LogP contribution < -0.4 is 19.5 Å². The van der Waals surface area contributed by atoms with Crippen molar-refractivity contribution < 1.29 is 37.3 Å². The van der Waals surface area contributed by atoms with E-state index >= 15 is 0 Å². The molecule has 1 atom stereocenters. The van der Waals surface area contributed by atoms with Crippen molar-refractivity contribution in [1.82, 2.24) is 0 Å². The zero-order valence-corrected chi connectivity index (χ0v) is 15.2. The molecule has 2 aromatic carbocycles. The van der Waals surface area contributed by atoms with Gasteiger partial charge in [0.15, 0.2) is 12.7 Å². The molecule has 0 saturated heterocycles. The van der Waals surface area contributed by atoms with Crippen LogP contribution in [-0.4, -0.2) is 38.3 Å². The number of carbonyl (C=O) groups excluding carboxylic acids is 2. The van der Waals surface area contributed by atoms with E-state index in [1.165, 1.54) is 38.3 Å². The second-order valence-electron chi connectivity index (χ2n) is 5.47. The Balaban J connectivity index is 1.84. The number of amides is 1. The van der Waals surface area contributed by atoms with Crippen LogP contribution in [0.1, 0.15) is 6.92 Å². The summed E-state index contributed by atoms with van der Waals surface area (Å²) in [6.07, 6.45) is -0.962. The number of hydrogen-bond donors (Lipinski definition) is 1. The molecule has 0 heterocycles. The third kappa shape index (κ3) is 6.42. The molecule has 0 bridgehead atoms. The molecule has 0 radical (unpaired) electrons. The minimum Gasteiger partial charge on any atom is -0.497 e. The predicted octanol–water partition coefficient (Wildman–Crippen LogP) is 3.25. The number of rotatable bonds is 9. The van der Waals surface area contributed by atoms with Gasteiger partial charge in [-0.2, -0.15) is 8.78 Å². The fourth-order valence-corrected chi connectivity index (χ4v) is 2.12. The van der Waals surface area contributed by atoms with Gasteiger partial charge in [0.1, 0.15) is 17.2 Å². The summed E-state index contributed by atoms with van der Waals surface area (Å²) in [5.74, 6) is -0.616. The van der Waals surface area contributed by atoms with E-state index in [1.807, 2.05) is 0 Å². The zero-order valence-electron chi connectivity index (χ0n) is 15.2. The highest BCUT2D eigenvalue weighted by Gasteiger charge is 2.19. The van der Waals surface area contributed by atoms with Gasteiger partial charge in [-0.15, -0.1) is 0 Å². The number of anilines is 1. The van der Waals surface area contributed by atoms with Gasteiger partial charge in [-0.05, 0) is 43.3 Å². The van der Waals surface area contributed by atoms with Crippen LogP contribution in [0.5, 0.6) is 17.2 Å². The van der Waals surface area contributed by atoms with Crippen molar-refractivity contribution in [1.29, 1.82) is 0 Å². The lowest BCUT2D eigenvalue weighted by Gasteiger charge is -2.15. The summed E-state index contributed by atoms with van der Waals surface area (Å²) < 4.78 is 44.4. The molecular weight excluding hydrogens is 376 g/mol. The van der Waals surface area contributed by atoms with E-state index < -0.39 is 31.2 Å². The number of carbonyl (C=O) groups is 2. The number of methoxy groups -OCH3 is 1. The molecule has 2 aromatic rings. The van der Waals surface area contributed by atoms with E-state index in [4.69, 9.17) is 14.2 Å². The Labute approximate surface area is 160 Å². The Hall–Kier alpha value is -3.36. The first-order chi connectivity index (χ1) is 13.4. The molecule has 7 nitrogen and oxygen atoms in total. The molecule has 9 heteroatoms. The lowest BCUT2D eigenvalue weighted by Crippen LogP contribution is -2.29. The number of alkyl halides is 2. The van der Waals surface area contributed by atoms with Crippen molar-refractivity contribution in [2.45, 2.75) is 19.6 Å². The van der Waals surface area contributed by atoms with E-state index in [-0.39, 0.29) is 11.4 Å². The Morgan fingerprint density at radius 1 is 1.00 bits per heavy atom. The average Bonchev–Trinajstić information content (AvgIpc) is 2.67. The summed E-state index contributed by atoms with van der Waals surface area (Å²) in [6.45, 7) is -2.18. The van der Waals surface area contributed by atoms with E-state index in [2.05, 4.69) is 10.1 Å². The van der Waals surface area contributed by atoms with Gasteiger partial charge >= 0.3 is 12.6 Å². The Kier molecular flexibility index (Phi) is 7.55. The molecule has 0 aromatic heterocycles. The SMILES string of the molecule is COc1ccc(OC(C)C(=O)OCC(=O)Nc2ccccc2OC(F)F)cc1. The maximum atomic E-state index is 12.4. The van der Waals surface area contributed by atoms with Crippen LogP contribution in [-0.2, 0) is 14.3 Å². The maximum Gasteiger partial charge on any atom is 0.387 e. The van der Waals surface area contributed by atoms with Crippen LogP contribution in [0, 0.1) is 0 Å². The van der Waals surface area contributed by atoms with Crippen molar-refractivity contribution in [3.8, 4) is 17.2 Å². The fourth-order valence-electron chi connectivity index (χ4n) is 2.12. The molecule has 0 aliphatic heterocycles. The molecule has 0 aliphatic carbocycles. The Morgan fingerprint density at radius 2 is 1.64 bits per heavy atom. The van der Waals surface area contributed by atoms with Gasteiger partial charge in [-0.25, -0.2) is 4.79 Å². The molecule has 1 N–H and O–H groups in total. The second kappa shape index (κ2) is 10.1. The summed E-state index contributed by atoms with van der Waals surface area (Å²) in [5.41, 5.74) is 0.0337. The van der Waals surface area contributed by atoms with Gasteiger partial charge in [-0.1, -0.05) is 12.1 Å². The summed E-state index contributed by atoms with van der Waals surface area (Å²) in [6, 6.07) is 12.2. The topological polar surface area (TPSA) is 83.1 Å². The number of hydrogen-bond acceptors (Lipinski definition) is 6. The van der Waals surface area contributed by atoms with Crippen LogP contribution in [0.2, 0.25) is 0 Å². The lowest BCUT2D eigenvalue weighted by molar-refractivity contribution is -0.153. The minimum atomic E-state index is -3.04. The van der Waals surface area contributed by atoms with Gasteiger partial charge in [0.05, 0.1) is 12.8 Å². The highest BCUT2D eigenvalue weighted by Crippen LogP contribution is 2.25. The van der Waals surface area contributed by atoms with Gasteiger partial charge in [-0.3, -0.25) is 4.79 Å². The van der Waals surface area contributed by atoms with E-state index in [0.717, 1.165) is 0 Å². The first-order valence-corrected chi connectivity index (χ1v) is 8.20. The fraction of sp³-hybridized carbons (Fsp3) is 0.263. The predicted molar refractivity (Wildman–Crippen MR) is 95.7 cm³/mol. The molecule has 2 rings (SSSR count). The van der Waals surface area contributed by atoms with Crippen molar-refractivity contribution >= 4 is 17.6 Å². The average molecular weight is 395 g/mol. The van der Waals surface area contributed by atoms with E-state index in [0.29, 0.717) is 11.5 Å². The highest BCUT2D eigenvalue weighted by molar-refractivity contribution is 5.94. The normalized spacial score (nSPS) is 11.5. The van der Waals surface area contributed by atoms with Crippen molar-refractivity contribution in [3.63, 3.8) is 0 Å². The number of esters is 1. The van der Waals surface area contributed by atoms with E-state index in [9.17, 15) is 18.4 Å². The van der Waals surface area contributed by atoms with Gasteiger partial charge in [0, 0.05) is 0 Å². The van der Waals surface area contributed by atoms with E-state index in [1.54, 1.807) is 24.3 Å². The van der Waals surface area contributed by atoms with Crippen LogP contribution in [0.4, 0.5) is 14.5 Å². The molecule has 0 aliphatic rings. The number of ether oxygens (including phenoxy) is 4. The molecule has 1 amide bonds. The molecule has 28 heavy (non-hydrogen) atoms. The monoisotopic (exact) mass is 395 g/mol. The Morgan fingerprint density at radius 3 is 2.29 bits per heavy atom. The quantitative estimate of drug-likeness (QED) is 0.657. The largest absolute Gasteiger partial charge is 0.497 e. The van der Waals surface area contributed by atoms with Crippen molar-refractivity contribution in [2.24, 2.45) is 0 Å². The second-order valence-corrected chi connectivity index (χ2v) is 5.47. The van der Waals surface area contributed by atoms with Gasteiger partial charge in [0.2, 0.25) is 0 Å². The molecule has 150 valence electrons. The first kappa shape index (κ1) is 20.9. The van der Waals surface area contributed by atoms with Crippen LogP contribution in [0.3, 0.4) is 0 Å². The molecule has 0 saturated carbocycles. The van der Waals surface area contributed by atoms with Crippen LogP contribution >= 0.6 is 0 Å². The summed E-state index contributed by atoms with van der Waals surface area (Å²) in [4.78, 5) is 23.9. The highest BCUT2D eigenvalue weighted by atomic mass is 19.3. The number of para-hydroxylation sites is 2. The molecule has 0 spiro atoms. The van der Waals surface area contributed by atoms with Crippen molar-refractivity contribution in [2.75, 3.05) is 19.0 Å². The Bertz CT molecular complexity index is 797. The van der Waals surface area contributed by atoms with Crippen LogP contribution in [0.25, 0.3) is 0 Å². The lowest BCUT2D eigenvalue weighted by atomic mass is 10.3. The van der Waals surface area contributed by atoms with Crippen molar-refractivity contribution in [3.05, 3.63) is 48.5 Å². The summed E-state index contributed by atoms with van der Waals surface area (Å²) in [7, 11) is 1.53. The summed E-state index contributed by atoms with van der Waals surface area (Å²) in [5, 5.41) is 2.34. The summed E-state index contributed by atoms with van der Waals surface area (Å²) >= 11 is 0. The molecule has 0 fully saturated rings. The first-order valence-electron chi connectivity index (χ1n) is 8.20. The zero-order chi connectivity index (χ0) is 20.5. The number of benzene rings is 2. The number of nitrogens with one attached hydrogen (secondary N) is 1. The number of halogens is 2. The minimum absolute atomic E-state index is 0.0337. The van der Waals surface area contributed by atoms with Gasteiger partial charge < -0.3 is 24.3 Å². The van der Waals surface area contributed by atoms with Gasteiger partial charge in [0.25, 0.3) is 5.91 Å². The third-order valence-electron chi connectivity index (χ3n) is 3.43. The van der Waals surface area contributed by atoms with Crippen LogP contribution in [0.15, 0.2) is 48.5 Å². The maximum absolute atomic E-state index is 12.4.